The van der Waals surface area contributed by atoms with Crippen molar-refractivity contribution < 1.29 is 4.39 Å². The van der Waals surface area contributed by atoms with E-state index in [0.717, 1.165) is 18.4 Å². The average Bonchev–Trinajstić information content (AvgIpc) is 2.40. The van der Waals surface area contributed by atoms with Crippen LogP contribution >= 0.6 is 11.6 Å². The molecule has 1 atom stereocenters. The molecule has 0 aromatic heterocycles. The Morgan fingerprint density at radius 3 is 2.42 bits per heavy atom. The minimum absolute atomic E-state index is 0.154. The Morgan fingerprint density at radius 1 is 1.11 bits per heavy atom. The van der Waals surface area contributed by atoms with Crippen LogP contribution in [-0.2, 0) is 0 Å². The molecule has 0 saturated heterocycles. The lowest BCUT2D eigenvalue weighted by Gasteiger charge is -2.13. The van der Waals surface area contributed by atoms with Gasteiger partial charge in [0.2, 0.25) is 0 Å². The van der Waals surface area contributed by atoms with Gasteiger partial charge in [0.05, 0.1) is 0 Å². The fourth-order valence-corrected chi connectivity index (χ4v) is 2.53. The van der Waals surface area contributed by atoms with Crippen LogP contribution in [0.15, 0.2) is 18.2 Å². The van der Waals surface area contributed by atoms with Gasteiger partial charge in [-0.3, -0.25) is 0 Å². The van der Waals surface area contributed by atoms with E-state index in [1.165, 1.54) is 50.7 Å². The maximum Gasteiger partial charge on any atom is 0.123 e. The van der Waals surface area contributed by atoms with Crippen LogP contribution in [0.5, 0.6) is 0 Å². The third-order valence-electron chi connectivity index (χ3n) is 3.48. The van der Waals surface area contributed by atoms with E-state index in [4.69, 9.17) is 17.3 Å². The molecule has 0 radical (unpaired) electrons. The van der Waals surface area contributed by atoms with E-state index >= 15 is 0 Å². The van der Waals surface area contributed by atoms with Gasteiger partial charge >= 0.3 is 0 Å². The summed E-state index contributed by atoms with van der Waals surface area (Å²) < 4.78 is 13.2. The van der Waals surface area contributed by atoms with Crippen molar-refractivity contribution in [3.63, 3.8) is 0 Å². The molecule has 3 heteroatoms. The molecule has 1 rings (SSSR count). The lowest BCUT2D eigenvalue weighted by molar-refractivity contribution is 0.538. The molecule has 2 N–H and O–H groups in total. The van der Waals surface area contributed by atoms with Crippen LogP contribution in [0, 0.1) is 5.82 Å². The number of rotatable bonds is 9. The largest absolute Gasteiger partial charge is 0.324 e. The Bertz CT molecular complexity index is 368. The van der Waals surface area contributed by atoms with E-state index in [9.17, 15) is 4.39 Å². The molecule has 1 aromatic carbocycles. The van der Waals surface area contributed by atoms with Crippen molar-refractivity contribution in [1.29, 1.82) is 0 Å². The van der Waals surface area contributed by atoms with Crippen LogP contribution in [0.3, 0.4) is 0 Å². The maximum atomic E-state index is 13.2. The summed E-state index contributed by atoms with van der Waals surface area (Å²) in [7, 11) is 0. The zero-order valence-electron chi connectivity index (χ0n) is 11.8. The second kappa shape index (κ2) is 9.33. The van der Waals surface area contributed by atoms with Gasteiger partial charge in [-0.05, 0) is 30.2 Å². The quantitative estimate of drug-likeness (QED) is 0.586. The van der Waals surface area contributed by atoms with Crippen LogP contribution in [-0.4, -0.2) is 0 Å². The van der Waals surface area contributed by atoms with Crippen molar-refractivity contribution in [2.45, 2.75) is 64.3 Å². The van der Waals surface area contributed by atoms with E-state index in [1.807, 2.05) is 0 Å². The van der Waals surface area contributed by atoms with Gasteiger partial charge < -0.3 is 5.73 Å². The third kappa shape index (κ3) is 6.40. The summed E-state index contributed by atoms with van der Waals surface area (Å²) in [5.41, 5.74) is 6.81. The molecule has 0 amide bonds. The summed E-state index contributed by atoms with van der Waals surface area (Å²) in [5.74, 6) is -0.269. The van der Waals surface area contributed by atoms with Crippen molar-refractivity contribution in [3.8, 4) is 0 Å². The third-order valence-corrected chi connectivity index (χ3v) is 3.82. The van der Waals surface area contributed by atoms with Gasteiger partial charge in [0.25, 0.3) is 0 Å². The highest BCUT2D eigenvalue weighted by atomic mass is 35.5. The van der Waals surface area contributed by atoms with E-state index in [1.54, 1.807) is 6.07 Å². The number of nitrogens with two attached hydrogens (primary N) is 1. The predicted octanol–water partition coefficient (Wildman–Crippen LogP) is 5.62. The van der Waals surface area contributed by atoms with Crippen LogP contribution in [0.2, 0.25) is 5.02 Å². The molecule has 0 heterocycles. The Hall–Kier alpha value is -0.600. The van der Waals surface area contributed by atoms with Crippen molar-refractivity contribution in [2.24, 2.45) is 5.73 Å². The zero-order valence-corrected chi connectivity index (χ0v) is 12.6. The summed E-state index contributed by atoms with van der Waals surface area (Å²) in [5, 5.41) is 0.567. The van der Waals surface area contributed by atoms with E-state index < -0.39 is 0 Å². The molecule has 0 spiro atoms. The van der Waals surface area contributed by atoms with Crippen LogP contribution < -0.4 is 5.73 Å². The standard InChI is InChI=1S/C16H25ClFN/c1-2-3-4-5-6-7-8-9-16(19)14-12-13(18)10-11-15(14)17/h10-12,16H,2-9,19H2,1H3. The van der Waals surface area contributed by atoms with Crippen molar-refractivity contribution in [2.75, 3.05) is 0 Å². The first-order chi connectivity index (χ1) is 9.15. The summed E-state index contributed by atoms with van der Waals surface area (Å²) in [6.45, 7) is 2.22. The molecule has 1 nitrogen and oxygen atoms in total. The van der Waals surface area contributed by atoms with Crippen LogP contribution in [0.4, 0.5) is 4.39 Å². The first-order valence-corrected chi connectivity index (χ1v) is 7.73. The molecule has 0 bridgehead atoms. The topological polar surface area (TPSA) is 26.0 Å². The first kappa shape index (κ1) is 16.5. The molecule has 0 saturated carbocycles. The fourth-order valence-electron chi connectivity index (χ4n) is 2.28. The SMILES string of the molecule is CCCCCCCCCC(N)c1cc(F)ccc1Cl. The van der Waals surface area contributed by atoms with Gasteiger partial charge in [0.1, 0.15) is 5.82 Å². The Morgan fingerprint density at radius 2 is 1.74 bits per heavy atom. The van der Waals surface area contributed by atoms with Gasteiger partial charge in [-0.15, -0.1) is 0 Å². The normalized spacial score (nSPS) is 12.6. The molecule has 19 heavy (non-hydrogen) atoms. The first-order valence-electron chi connectivity index (χ1n) is 7.35. The van der Waals surface area contributed by atoms with E-state index in [2.05, 4.69) is 6.92 Å². The average molecular weight is 286 g/mol. The predicted molar refractivity (Wildman–Crippen MR) is 80.9 cm³/mol. The highest BCUT2D eigenvalue weighted by Gasteiger charge is 2.10. The number of unbranched alkanes of at least 4 members (excludes halogenated alkanes) is 6. The van der Waals surface area contributed by atoms with E-state index in [0.29, 0.717) is 5.02 Å². The van der Waals surface area contributed by atoms with Crippen molar-refractivity contribution >= 4 is 11.6 Å². The molecule has 108 valence electrons. The molecule has 0 aliphatic carbocycles. The number of hydrogen-bond acceptors (Lipinski definition) is 1. The van der Waals surface area contributed by atoms with Crippen LogP contribution in [0.1, 0.15) is 69.9 Å². The van der Waals surface area contributed by atoms with Crippen molar-refractivity contribution in [1.82, 2.24) is 0 Å². The Kier molecular flexibility index (Phi) is 8.08. The molecular formula is C16H25ClFN. The fraction of sp³-hybridized carbons (Fsp3) is 0.625. The van der Waals surface area contributed by atoms with Crippen LogP contribution in [0.25, 0.3) is 0 Å². The smallest absolute Gasteiger partial charge is 0.123 e. The lowest BCUT2D eigenvalue weighted by Crippen LogP contribution is -2.11. The molecule has 1 unspecified atom stereocenters. The van der Waals surface area contributed by atoms with Gasteiger partial charge in [0.15, 0.2) is 0 Å². The van der Waals surface area contributed by atoms with E-state index in [-0.39, 0.29) is 11.9 Å². The monoisotopic (exact) mass is 285 g/mol. The molecule has 1 aromatic rings. The highest BCUT2D eigenvalue weighted by molar-refractivity contribution is 6.31. The zero-order chi connectivity index (χ0) is 14.1. The number of hydrogen-bond donors (Lipinski definition) is 1. The number of benzene rings is 1. The van der Waals surface area contributed by atoms with Gasteiger partial charge in [-0.2, -0.15) is 0 Å². The summed E-state index contributed by atoms with van der Waals surface area (Å²) in [6, 6.07) is 4.25. The molecule has 0 aliphatic rings. The highest BCUT2D eigenvalue weighted by Crippen LogP contribution is 2.26. The Labute approximate surface area is 121 Å². The molecule has 0 aliphatic heterocycles. The number of halogens is 2. The lowest BCUT2D eigenvalue weighted by atomic mass is 10.00. The minimum atomic E-state index is -0.269. The molecular weight excluding hydrogens is 261 g/mol. The van der Waals surface area contributed by atoms with Crippen molar-refractivity contribution in [3.05, 3.63) is 34.6 Å². The molecule has 0 fully saturated rings. The second-order valence-corrected chi connectivity index (χ2v) is 5.59. The van der Waals surface area contributed by atoms with Gasteiger partial charge in [0, 0.05) is 11.1 Å². The Balaban J connectivity index is 2.23. The second-order valence-electron chi connectivity index (χ2n) is 5.18. The van der Waals surface area contributed by atoms with Gasteiger partial charge in [-0.1, -0.05) is 63.5 Å². The minimum Gasteiger partial charge on any atom is -0.324 e. The van der Waals surface area contributed by atoms with Gasteiger partial charge in [-0.25, -0.2) is 4.39 Å². The maximum absolute atomic E-state index is 13.2. The summed E-state index contributed by atoms with van der Waals surface area (Å²) >= 11 is 6.04. The summed E-state index contributed by atoms with van der Waals surface area (Å²) in [4.78, 5) is 0. The summed E-state index contributed by atoms with van der Waals surface area (Å²) in [6.07, 6.45) is 9.68.